The number of amides is 1. The Bertz CT molecular complexity index is 1110. The zero-order valence-electron chi connectivity index (χ0n) is 18.0. The molecule has 0 saturated carbocycles. The molecule has 2 heterocycles. The first-order valence-corrected chi connectivity index (χ1v) is 11.5. The fourth-order valence-electron chi connectivity index (χ4n) is 4.11. The maximum Gasteiger partial charge on any atom is 0.257 e. The van der Waals surface area contributed by atoms with E-state index in [0.717, 1.165) is 6.07 Å². The Kier molecular flexibility index (Phi) is 6.90. The third kappa shape index (κ3) is 4.84. The fourth-order valence-corrected chi connectivity index (χ4v) is 5.27. The Labute approximate surface area is 195 Å². The molecule has 33 heavy (non-hydrogen) atoms. The Hall–Kier alpha value is -3.04. The average molecular weight is 471 g/mol. The number of ether oxygens (including phenoxy) is 1. The maximum atomic E-state index is 15.0. The number of hydrogen-bond acceptors (Lipinski definition) is 6. The fraction of sp³-hybridized carbons (Fsp3) is 0.292. The molecule has 1 amide bonds. The minimum Gasteiger partial charge on any atom is -0.394 e. The van der Waals surface area contributed by atoms with Crippen molar-refractivity contribution in [3.63, 3.8) is 0 Å². The van der Waals surface area contributed by atoms with Gasteiger partial charge in [0, 0.05) is 35.9 Å². The molecule has 2 aliphatic heterocycles. The lowest BCUT2D eigenvalue weighted by atomic mass is 9.74. The Morgan fingerprint density at radius 3 is 2.79 bits per heavy atom. The van der Waals surface area contributed by atoms with Gasteiger partial charge in [-0.15, -0.1) is 0 Å². The predicted molar refractivity (Wildman–Crippen MR) is 126 cm³/mol. The van der Waals surface area contributed by atoms with E-state index in [1.807, 2.05) is 6.07 Å². The second-order valence-corrected chi connectivity index (χ2v) is 8.91. The van der Waals surface area contributed by atoms with Crippen molar-refractivity contribution in [2.45, 2.75) is 18.1 Å². The highest BCUT2D eigenvalue weighted by Crippen LogP contribution is 2.47. The molecule has 0 aliphatic carbocycles. The molecule has 1 fully saturated rings. The normalized spacial score (nSPS) is 24.6. The molecule has 2 aromatic carbocycles. The van der Waals surface area contributed by atoms with E-state index in [2.05, 4.69) is 10.6 Å². The van der Waals surface area contributed by atoms with E-state index in [0.29, 0.717) is 28.6 Å². The van der Waals surface area contributed by atoms with Gasteiger partial charge in [0.15, 0.2) is 5.17 Å². The SMILES string of the molecule is CN/C=C\C(=N)[C@H]1C[C@H]2CSC(NC(=O)c3ccccc3)=N[C@@]2(c2ccc(F)cc2F)CO1. The van der Waals surface area contributed by atoms with Crippen molar-refractivity contribution in [2.75, 3.05) is 19.4 Å². The maximum absolute atomic E-state index is 15.0. The predicted octanol–water partition coefficient (Wildman–Crippen LogP) is 3.85. The largest absolute Gasteiger partial charge is 0.394 e. The van der Waals surface area contributed by atoms with Gasteiger partial charge >= 0.3 is 0 Å². The van der Waals surface area contributed by atoms with Gasteiger partial charge in [-0.3, -0.25) is 4.79 Å². The minimum atomic E-state index is -1.13. The van der Waals surface area contributed by atoms with Crippen molar-refractivity contribution in [3.8, 4) is 0 Å². The molecule has 3 N–H and O–H groups in total. The van der Waals surface area contributed by atoms with E-state index in [1.54, 1.807) is 43.6 Å². The summed E-state index contributed by atoms with van der Waals surface area (Å²) in [5.74, 6) is -1.35. The highest BCUT2D eigenvalue weighted by molar-refractivity contribution is 8.13. The molecule has 0 bridgehead atoms. The summed E-state index contributed by atoms with van der Waals surface area (Å²) in [6.45, 7) is 0.00588. The number of carbonyl (C=O) groups excluding carboxylic acids is 1. The van der Waals surface area contributed by atoms with E-state index in [4.69, 9.17) is 15.1 Å². The summed E-state index contributed by atoms with van der Waals surface area (Å²) in [5, 5.41) is 14.3. The first kappa shape index (κ1) is 23.1. The third-order valence-corrected chi connectivity index (χ3v) is 6.87. The first-order valence-electron chi connectivity index (χ1n) is 10.5. The molecule has 0 radical (unpaired) electrons. The lowest BCUT2D eigenvalue weighted by molar-refractivity contribution is -0.0253. The summed E-state index contributed by atoms with van der Waals surface area (Å²) in [6.07, 6.45) is 3.26. The molecule has 9 heteroatoms. The van der Waals surface area contributed by atoms with E-state index in [9.17, 15) is 13.6 Å². The highest BCUT2D eigenvalue weighted by Gasteiger charge is 2.50. The van der Waals surface area contributed by atoms with Crippen LogP contribution in [0.25, 0.3) is 0 Å². The van der Waals surface area contributed by atoms with Gasteiger partial charge in [-0.05, 0) is 36.9 Å². The van der Waals surface area contributed by atoms with E-state index < -0.39 is 23.3 Å². The molecule has 6 nitrogen and oxygen atoms in total. The van der Waals surface area contributed by atoms with Crippen molar-refractivity contribution in [1.82, 2.24) is 10.6 Å². The summed E-state index contributed by atoms with van der Waals surface area (Å²) in [6, 6.07) is 12.2. The van der Waals surface area contributed by atoms with Gasteiger partial charge in [-0.25, -0.2) is 13.8 Å². The van der Waals surface area contributed by atoms with Crippen LogP contribution in [0.5, 0.6) is 0 Å². The molecular formula is C24H24F2N4O2S. The topological polar surface area (TPSA) is 86.6 Å². The summed E-state index contributed by atoms with van der Waals surface area (Å²) >= 11 is 1.37. The third-order valence-electron chi connectivity index (χ3n) is 5.83. The number of nitrogens with zero attached hydrogens (tertiary/aromatic N) is 1. The lowest BCUT2D eigenvalue weighted by Crippen LogP contribution is -2.52. The summed E-state index contributed by atoms with van der Waals surface area (Å²) in [4.78, 5) is 17.4. The monoisotopic (exact) mass is 470 g/mol. The Morgan fingerprint density at radius 2 is 2.06 bits per heavy atom. The number of fused-ring (bicyclic) bond motifs is 1. The molecule has 0 unspecified atom stereocenters. The van der Waals surface area contributed by atoms with Crippen molar-refractivity contribution >= 4 is 28.5 Å². The van der Waals surface area contributed by atoms with Gasteiger partial charge < -0.3 is 20.8 Å². The van der Waals surface area contributed by atoms with Crippen LogP contribution in [0, 0.1) is 23.0 Å². The van der Waals surface area contributed by atoms with E-state index in [1.165, 1.54) is 23.9 Å². The van der Waals surface area contributed by atoms with Gasteiger partial charge in [-0.2, -0.15) is 0 Å². The van der Waals surface area contributed by atoms with Crippen LogP contribution in [0.4, 0.5) is 8.78 Å². The summed E-state index contributed by atoms with van der Waals surface area (Å²) in [5.41, 5.74) is -0.132. The molecule has 172 valence electrons. The number of rotatable bonds is 5. The standard InChI is InChI=1S/C24H24F2N4O2S/c1-28-10-9-20(27)21-11-16-13-33-23(29-22(31)15-5-3-2-4-6-15)30-24(16,14-32-21)18-8-7-17(25)12-19(18)26/h2-10,12,16,21,27-28H,11,13-14H2,1H3,(H,29,30,31)/b10-9-,27-20?/t16-,21+,24-/m0/s1. The minimum absolute atomic E-state index is 0.00588. The molecule has 1 saturated heterocycles. The van der Waals surface area contributed by atoms with Crippen molar-refractivity contribution in [3.05, 3.63) is 83.6 Å². The number of halogens is 2. The Balaban J connectivity index is 1.67. The van der Waals surface area contributed by atoms with E-state index >= 15 is 0 Å². The quantitative estimate of drug-likeness (QED) is 0.580. The zero-order valence-corrected chi connectivity index (χ0v) is 18.8. The first-order chi connectivity index (χ1) is 15.9. The van der Waals surface area contributed by atoms with Gasteiger partial charge in [0.25, 0.3) is 5.91 Å². The number of amidine groups is 1. The number of thioether (sulfide) groups is 1. The van der Waals surface area contributed by atoms with E-state index in [-0.39, 0.29) is 24.0 Å². The van der Waals surface area contributed by atoms with Crippen molar-refractivity contribution < 1.29 is 18.3 Å². The summed E-state index contributed by atoms with van der Waals surface area (Å²) < 4.78 is 34.6. The number of aliphatic imine (C=N–C) groups is 1. The zero-order chi connectivity index (χ0) is 23.4. The second-order valence-electron chi connectivity index (χ2n) is 7.91. The van der Waals surface area contributed by atoms with Crippen LogP contribution in [0.3, 0.4) is 0 Å². The van der Waals surface area contributed by atoms with Gasteiger partial charge in [0.05, 0.1) is 18.4 Å². The number of hydrogen-bond donors (Lipinski definition) is 3. The smallest absolute Gasteiger partial charge is 0.257 e. The number of nitrogens with one attached hydrogen (secondary N) is 3. The van der Waals surface area contributed by atoms with Crippen LogP contribution < -0.4 is 10.6 Å². The van der Waals surface area contributed by atoms with Gasteiger partial charge in [-0.1, -0.05) is 36.0 Å². The second kappa shape index (κ2) is 9.84. The molecule has 4 rings (SSSR count). The molecule has 2 aromatic rings. The number of carbonyl (C=O) groups is 1. The molecule has 2 aliphatic rings. The average Bonchev–Trinajstić information content (AvgIpc) is 2.82. The van der Waals surface area contributed by atoms with Crippen molar-refractivity contribution in [1.29, 1.82) is 5.41 Å². The van der Waals surface area contributed by atoms with Crippen LogP contribution in [-0.4, -0.2) is 42.3 Å². The van der Waals surface area contributed by atoms with Crippen LogP contribution in [0.15, 0.2) is 65.8 Å². The molecular weight excluding hydrogens is 446 g/mol. The lowest BCUT2D eigenvalue weighted by Gasteiger charge is -2.46. The van der Waals surface area contributed by atoms with Gasteiger partial charge in [0.1, 0.15) is 17.2 Å². The van der Waals surface area contributed by atoms with Crippen molar-refractivity contribution in [2.24, 2.45) is 10.9 Å². The van der Waals surface area contributed by atoms with Crippen LogP contribution >= 0.6 is 11.8 Å². The highest BCUT2D eigenvalue weighted by atomic mass is 32.2. The van der Waals surface area contributed by atoms with Crippen LogP contribution in [0.2, 0.25) is 0 Å². The van der Waals surface area contributed by atoms with Gasteiger partial charge in [0.2, 0.25) is 0 Å². The molecule has 0 aromatic heterocycles. The molecule has 3 atom stereocenters. The van der Waals surface area contributed by atoms with Crippen LogP contribution in [-0.2, 0) is 10.3 Å². The summed E-state index contributed by atoms with van der Waals surface area (Å²) in [7, 11) is 1.74. The molecule has 0 spiro atoms. The number of benzene rings is 2. The van der Waals surface area contributed by atoms with Crippen LogP contribution in [0.1, 0.15) is 22.3 Å². The Morgan fingerprint density at radius 1 is 1.27 bits per heavy atom.